The van der Waals surface area contributed by atoms with E-state index in [0.29, 0.717) is 5.25 Å². The van der Waals surface area contributed by atoms with Crippen molar-refractivity contribution in [1.82, 2.24) is 0 Å². The van der Waals surface area contributed by atoms with Gasteiger partial charge in [0.1, 0.15) is 0 Å². The van der Waals surface area contributed by atoms with Gasteiger partial charge in [0.2, 0.25) is 0 Å². The van der Waals surface area contributed by atoms with Gasteiger partial charge < -0.3 is 0 Å². The molecule has 0 heterocycles. The third-order valence-electron chi connectivity index (χ3n) is 2.34. The molecule has 1 aromatic rings. The van der Waals surface area contributed by atoms with Crippen molar-refractivity contribution in [2.24, 2.45) is 5.92 Å². The summed E-state index contributed by atoms with van der Waals surface area (Å²) in [7, 11) is 0. The summed E-state index contributed by atoms with van der Waals surface area (Å²) >= 11 is 1.68. The first-order valence-corrected chi connectivity index (χ1v) is 6.37. The predicted octanol–water partition coefficient (Wildman–Crippen LogP) is 4.93. The lowest BCUT2D eigenvalue weighted by atomic mass is 9.98. The van der Waals surface area contributed by atoms with Crippen LogP contribution in [-0.2, 0) is 5.92 Å². The van der Waals surface area contributed by atoms with Crippen molar-refractivity contribution in [2.45, 2.75) is 43.8 Å². The van der Waals surface area contributed by atoms with Gasteiger partial charge in [-0.1, -0.05) is 39.8 Å². The monoisotopic (exact) mass is 244 g/mol. The Morgan fingerprint density at radius 3 is 1.88 bits per heavy atom. The van der Waals surface area contributed by atoms with Gasteiger partial charge in [-0.3, -0.25) is 0 Å². The van der Waals surface area contributed by atoms with Crippen molar-refractivity contribution in [1.29, 1.82) is 0 Å². The standard InChI is InChI=1S/C13H18F2S/c1-9(2)13(14,15)11-5-7-12(8-6-11)16-10(3)4/h5-10H,1-4H3. The molecular weight excluding hydrogens is 226 g/mol. The van der Waals surface area contributed by atoms with Crippen molar-refractivity contribution in [3.8, 4) is 0 Å². The molecule has 0 aliphatic heterocycles. The van der Waals surface area contributed by atoms with Crippen LogP contribution in [0.1, 0.15) is 33.3 Å². The zero-order valence-corrected chi connectivity index (χ0v) is 10.9. The average molecular weight is 244 g/mol. The van der Waals surface area contributed by atoms with Gasteiger partial charge in [-0.15, -0.1) is 11.8 Å². The number of thioether (sulfide) groups is 1. The fourth-order valence-electron chi connectivity index (χ4n) is 1.36. The summed E-state index contributed by atoms with van der Waals surface area (Å²) < 4.78 is 27.3. The van der Waals surface area contributed by atoms with E-state index in [2.05, 4.69) is 13.8 Å². The molecule has 0 aromatic heterocycles. The Morgan fingerprint density at radius 2 is 1.50 bits per heavy atom. The summed E-state index contributed by atoms with van der Waals surface area (Å²) in [5.41, 5.74) is 0.107. The van der Waals surface area contributed by atoms with Gasteiger partial charge in [0, 0.05) is 21.6 Å². The van der Waals surface area contributed by atoms with Crippen LogP contribution in [0, 0.1) is 5.92 Å². The topological polar surface area (TPSA) is 0 Å². The number of halogens is 2. The summed E-state index contributed by atoms with van der Waals surface area (Å²) in [5, 5.41) is 0.469. The first-order chi connectivity index (χ1) is 7.34. The Labute approximate surface area is 100 Å². The van der Waals surface area contributed by atoms with Crippen molar-refractivity contribution in [2.75, 3.05) is 0 Å². The molecule has 1 rings (SSSR count). The first kappa shape index (κ1) is 13.5. The lowest BCUT2D eigenvalue weighted by Crippen LogP contribution is -2.20. The highest BCUT2D eigenvalue weighted by Gasteiger charge is 2.35. The molecule has 3 heteroatoms. The van der Waals surface area contributed by atoms with Crippen LogP contribution in [0.3, 0.4) is 0 Å². The van der Waals surface area contributed by atoms with E-state index < -0.39 is 11.8 Å². The fraction of sp³-hybridized carbons (Fsp3) is 0.538. The molecule has 90 valence electrons. The second-order valence-electron chi connectivity index (χ2n) is 4.47. The summed E-state index contributed by atoms with van der Waals surface area (Å²) in [6.07, 6.45) is 0. The Hall–Kier alpha value is -0.570. The Morgan fingerprint density at radius 1 is 1.00 bits per heavy atom. The van der Waals surface area contributed by atoms with Crippen LogP contribution in [0.25, 0.3) is 0 Å². The molecule has 0 radical (unpaired) electrons. The normalized spacial score (nSPS) is 12.5. The predicted molar refractivity (Wildman–Crippen MR) is 66.2 cm³/mol. The molecule has 0 saturated heterocycles. The van der Waals surface area contributed by atoms with E-state index in [-0.39, 0.29) is 5.56 Å². The molecular formula is C13H18F2S. The van der Waals surface area contributed by atoms with E-state index in [1.807, 2.05) is 0 Å². The third kappa shape index (κ3) is 3.21. The van der Waals surface area contributed by atoms with E-state index >= 15 is 0 Å². The minimum absolute atomic E-state index is 0.107. The van der Waals surface area contributed by atoms with Gasteiger partial charge in [-0.05, 0) is 12.1 Å². The molecule has 0 amide bonds. The van der Waals surface area contributed by atoms with Crippen LogP contribution in [0.5, 0.6) is 0 Å². The molecule has 0 aliphatic rings. The first-order valence-electron chi connectivity index (χ1n) is 5.49. The van der Waals surface area contributed by atoms with Crippen LogP contribution < -0.4 is 0 Å². The molecule has 0 spiro atoms. The largest absolute Gasteiger partial charge is 0.275 e. The van der Waals surface area contributed by atoms with Gasteiger partial charge in [0.15, 0.2) is 0 Å². The second kappa shape index (κ2) is 5.17. The molecule has 0 atom stereocenters. The van der Waals surface area contributed by atoms with Crippen LogP contribution in [0.15, 0.2) is 29.2 Å². The number of benzene rings is 1. The number of hydrogen-bond donors (Lipinski definition) is 0. The summed E-state index contributed by atoms with van der Waals surface area (Å²) in [5.74, 6) is -3.41. The minimum atomic E-state index is -2.74. The van der Waals surface area contributed by atoms with Gasteiger partial charge in [0.25, 0.3) is 5.92 Å². The highest BCUT2D eigenvalue weighted by Crippen LogP contribution is 2.36. The summed E-state index contributed by atoms with van der Waals surface area (Å²) in [6.45, 7) is 7.25. The van der Waals surface area contributed by atoms with Crippen LogP contribution in [0.2, 0.25) is 0 Å². The minimum Gasteiger partial charge on any atom is -0.201 e. The zero-order valence-electron chi connectivity index (χ0n) is 10.1. The molecule has 1 aromatic carbocycles. The van der Waals surface area contributed by atoms with Crippen molar-refractivity contribution >= 4 is 11.8 Å². The maximum Gasteiger partial charge on any atom is 0.275 e. The average Bonchev–Trinajstić information content (AvgIpc) is 2.17. The van der Waals surface area contributed by atoms with E-state index in [1.165, 1.54) is 26.0 Å². The van der Waals surface area contributed by atoms with Crippen molar-refractivity contribution in [3.63, 3.8) is 0 Å². The third-order valence-corrected chi connectivity index (χ3v) is 3.35. The number of alkyl halides is 2. The molecule has 0 aliphatic carbocycles. The number of rotatable bonds is 4. The molecule has 0 saturated carbocycles. The zero-order chi connectivity index (χ0) is 12.3. The lowest BCUT2D eigenvalue weighted by Gasteiger charge is -2.20. The van der Waals surface area contributed by atoms with Gasteiger partial charge in [0.05, 0.1) is 0 Å². The Balaban J connectivity index is 2.86. The maximum atomic E-state index is 13.7. The molecule has 0 N–H and O–H groups in total. The summed E-state index contributed by atoms with van der Waals surface area (Å²) in [4.78, 5) is 1.04. The van der Waals surface area contributed by atoms with Gasteiger partial charge in [-0.25, -0.2) is 8.78 Å². The van der Waals surface area contributed by atoms with E-state index in [0.717, 1.165) is 4.90 Å². The molecule has 0 fully saturated rings. The highest BCUT2D eigenvalue weighted by molar-refractivity contribution is 7.99. The molecule has 16 heavy (non-hydrogen) atoms. The second-order valence-corrected chi connectivity index (χ2v) is 6.12. The lowest BCUT2D eigenvalue weighted by molar-refractivity contribution is -0.0514. The van der Waals surface area contributed by atoms with E-state index in [1.54, 1.807) is 23.9 Å². The van der Waals surface area contributed by atoms with Crippen LogP contribution in [0.4, 0.5) is 8.78 Å². The van der Waals surface area contributed by atoms with Crippen molar-refractivity contribution < 1.29 is 8.78 Å². The maximum absolute atomic E-state index is 13.7. The highest BCUT2D eigenvalue weighted by atomic mass is 32.2. The molecule has 0 bridgehead atoms. The van der Waals surface area contributed by atoms with Crippen LogP contribution in [-0.4, -0.2) is 5.25 Å². The van der Waals surface area contributed by atoms with E-state index in [9.17, 15) is 8.78 Å². The summed E-state index contributed by atoms with van der Waals surface area (Å²) in [6, 6.07) is 6.61. The fourth-order valence-corrected chi connectivity index (χ4v) is 2.20. The van der Waals surface area contributed by atoms with E-state index in [4.69, 9.17) is 0 Å². The molecule has 0 nitrogen and oxygen atoms in total. The Bertz CT molecular complexity index is 328. The van der Waals surface area contributed by atoms with Gasteiger partial charge in [-0.2, -0.15) is 0 Å². The van der Waals surface area contributed by atoms with Gasteiger partial charge >= 0.3 is 0 Å². The smallest absolute Gasteiger partial charge is 0.201 e. The number of hydrogen-bond acceptors (Lipinski definition) is 1. The van der Waals surface area contributed by atoms with Crippen molar-refractivity contribution in [3.05, 3.63) is 29.8 Å². The van der Waals surface area contributed by atoms with Crippen LogP contribution >= 0.6 is 11.8 Å². The molecule has 0 unspecified atom stereocenters. The Kier molecular flexibility index (Phi) is 4.36. The SMILES string of the molecule is CC(C)Sc1ccc(C(F)(F)C(C)C)cc1. The quantitative estimate of drug-likeness (QED) is 0.676.